The van der Waals surface area contributed by atoms with E-state index >= 15 is 0 Å². The van der Waals surface area contributed by atoms with Crippen molar-refractivity contribution in [2.45, 2.75) is 46.5 Å². The first-order valence-corrected chi connectivity index (χ1v) is 8.98. The molecular weight excluding hydrogens is 316 g/mol. The third-order valence-electron chi connectivity index (χ3n) is 7.39. The van der Waals surface area contributed by atoms with Gasteiger partial charge in [-0.15, -0.1) is 0 Å². The van der Waals surface area contributed by atoms with E-state index in [9.17, 15) is 14.8 Å². The average Bonchev–Trinajstić information content (AvgIpc) is 2.89. The predicted molar refractivity (Wildman–Crippen MR) is 94.9 cm³/mol. The number of rotatable bonds is 1. The van der Waals surface area contributed by atoms with Crippen molar-refractivity contribution < 1.29 is 14.8 Å². The maximum absolute atomic E-state index is 13.7. The van der Waals surface area contributed by atoms with Crippen molar-refractivity contribution in [3.63, 3.8) is 0 Å². The Morgan fingerprint density at radius 3 is 2.60 bits per heavy atom. The molecule has 25 heavy (non-hydrogen) atoms. The van der Waals surface area contributed by atoms with Crippen molar-refractivity contribution in [2.75, 3.05) is 11.4 Å². The monoisotopic (exact) mass is 340 g/mol. The third-order valence-corrected chi connectivity index (χ3v) is 7.39. The highest BCUT2D eigenvalue weighted by Gasteiger charge is 2.77. The maximum atomic E-state index is 13.7. The van der Waals surface area contributed by atoms with Gasteiger partial charge in [0, 0.05) is 17.6 Å². The van der Waals surface area contributed by atoms with Gasteiger partial charge in [-0.3, -0.25) is 9.59 Å². The summed E-state index contributed by atoms with van der Waals surface area (Å²) >= 11 is 0. The first-order valence-electron chi connectivity index (χ1n) is 8.98. The number of oxime groups is 1. The Morgan fingerprint density at radius 1 is 1.20 bits per heavy atom. The highest BCUT2D eigenvalue weighted by molar-refractivity contribution is 6.51. The molecule has 5 heteroatoms. The molecule has 1 aromatic carbocycles. The summed E-state index contributed by atoms with van der Waals surface area (Å²) in [6.45, 7) is 6.53. The molecule has 4 rings (SSSR count). The van der Waals surface area contributed by atoms with Crippen LogP contribution in [0.4, 0.5) is 5.69 Å². The zero-order valence-corrected chi connectivity index (χ0v) is 15.0. The number of para-hydroxylation sites is 1. The second-order valence-electron chi connectivity index (χ2n) is 8.33. The van der Waals surface area contributed by atoms with E-state index in [4.69, 9.17) is 0 Å². The summed E-state index contributed by atoms with van der Waals surface area (Å²) in [5.41, 5.74) is -0.0414. The average molecular weight is 340 g/mol. The summed E-state index contributed by atoms with van der Waals surface area (Å²) in [6.07, 6.45) is 3.05. The maximum Gasteiger partial charge on any atom is 0.241 e. The minimum Gasteiger partial charge on any atom is -0.411 e. The van der Waals surface area contributed by atoms with Crippen LogP contribution in [0.3, 0.4) is 0 Å². The summed E-state index contributed by atoms with van der Waals surface area (Å²) in [5, 5.41) is 12.8. The van der Waals surface area contributed by atoms with Crippen molar-refractivity contribution in [2.24, 2.45) is 21.4 Å². The fraction of sp³-hybridized carbons (Fsp3) is 0.550. The fourth-order valence-electron chi connectivity index (χ4n) is 5.40. The van der Waals surface area contributed by atoms with Gasteiger partial charge in [-0.05, 0) is 42.7 Å². The van der Waals surface area contributed by atoms with Gasteiger partial charge in [0.25, 0.3) is 0 Å². The second-order valence-corrected chi connectivity index (χ2v) is 8.33. The molecule has 2 fully saturated rings. The first kappa shape index (κ1) is 16.3. The van der Waals surface area contributed by atoms with Gasteiger partial charge in [0.1, 0.15) is 11.1 Å². The van der Waals surface area contributed by atoms with Crippen molar-refractivity contribution in [1.29, 1.82) is 0 Å². The highest BCUT2D eigenvalue weighted by atomic mass is 16.4. The molecule has 0 saturated heterocycles. The lowest BCUT2D eigenvalue weighted by molar-refractivity contribution is -0.142. The largest absolute Gasteiger partial charge is 0.411 e. The number of hydrogen-bond acceptors (Lipinski definition) is 4. The number of benzene rings is 1. The van der Waals surface area contributed by atoms with Crippen LogP contribution in [0.25, 0.3) is 0 Å². The number of anilines is 1. The molecule has 1 heterocycles. The summed E-state index contributed by atoms with van der Waals surface area (Å²) in [6, 6.07) is 7.93. The van der Waals surface area contributed by atoms with Crippen LogP contribution in [0.1, 0.15) is 45.6 Å². The van der Waals surface area contributed by atoms with E-state index in [1.54, 1.807) is 4.90 Å². The lowest BCUT2D eigenvalue weighted by Crippen LogP contribution is -2.53. The number of amides is 1. The van der Waals surface area contributed by atoms with Gasteiger partial charge >= 0.3 is 0 Å². The van der Waals surface area contributed by atoms with Gasteiger partial charge in [0.05, 0.1) is 0 Å². The Kier molecular flexibility index (Phi) is 3.22. The van der Waals surface area contributed by atoms with Gasteiger partial charge in [-0.25, -0.2) is 0 Å². The number of ketones is 1. The Labute approximate surface area is 147 Å². The molecule has 2 unspecified atom stereocenters. The molecule has 2 atom stereocenters. The first-order chi connectivity index (χ1) is 11.8. The van der Waals surface area contributed by atoms with Gasteiger partial charge in [-0.1, -0.05) is 44.1 Å². The SMILES string of the molecule is CC12CCC(C(=O)N3CCCc4ccccc43)(C(=O)C1=NO)C2(C)C. The zero-order chi connectivity index (χ0) is 18.0. The number of fused-ring (bicyclic) bond motifs is 3. The lowest BCUT2D eigenvalue weighted by atomic mass is 9.64. The molecule has 0 spiro atoms. The molecule has 1 N–H and O–H groups in total. The number of carbonyl (C=O) groups is 2. The summed E-state index contributed by atoms with van der Waals surface area (Å²) < 4.78 is 0. The number of aryl methyl sites for hydroxylation is 1. The molecule has 1 aromatic rings. The summed E-state index contributed by atoms with van der Waals surface area (Å²) in [5.74, 6) is -0.418. The van der Waals surface area contributed by atoms with E-state index in [0.717, 1.165) is 24.1 Å². The molecule has 1 aliphatic heterocycles. The second kappa shape index (κ2) is 4.93. The van der Waals surface area contributed by atoms with Crippen LogP contribution < -0.4 is 4.90 Å². The van der Waals surface area contributed by atoms with Crippen LogP contribution in [0.2, 0.25) is 0 Å². The Bertz CT molecular complexity index is 813. The fourth-order valence-corrected chi connectivity index (χ4v) is 5.40. The van der Waals surface area contributed by atoms with Gasteiger partial charge in [0.15, 0.2) is 5.78 Å². The standard InChI is InChI=1S/C20H24N2O3/c1-18(2)19(3)10-11-20(18,16(23)15(19)21-25)17(24)22-12-6-8-13-7-4-5-9-14(13)22/h4-5,7,9,25H,6,8,10-12H2,1-3H3. The van der Waals surface area contributed by atoms with Crippen LogP contribution in [0.5, 0.6) is 0 Å². The van der Waals surface area contributed by atoms with E-state index in [0.29, 0.717) is 19.4 Å². The predicted octanol–water partition coefficient (Wildman–Crippen LogP) is 3.19. The van der Waals surface area contributed by atoms with Gasteiger partial charge in [0.2, 0.25) is 5.91 Å². The number of hydrogen-bond donors (Lipinski definition) is 1. The van der Waals surface area contributed by atoms with Crippen molar-refractivity contribution in [3.8, 4) is 0 Å². The van der Waals surface area contributed by atoms with E-state index in [-0.39, 0.29) is 17.4 Å². The number of Topliss-reactive ketones (excluding diaryl/α,β-unsaturated/α-hetero) is 1. The summed E-state index contributed by atoms with van der Waals surface area (Å²) in [7, 11) is 0. The minimum absolute atomic E-state index is 0.128. The Morgan fingerprint density at radius 2 is 1.92 bits per heavy atom. The molecule has 0 aromatic heterocycles. The molecular formula is C20H24N2O3. The third kappa shape index (κ3) is 1.66. The molecule has 2 saturated carbocycles. The molecule has 3 aliphatic rings. The summed E-state index contributed by atoms with van der Waals surface area (Å²) in [4.78, 5) is 28.7. The number of nitrogens with zero attached hydrogens (tertiary/aromatic N) is 2. The Hall–Kier alpha value is -2.17. The molecule has 132 valence electrons. The number of carbonyl (C=O) groups excluding carboxylic acids is 2. The zero-order valence-electron chi connectivity index (χ0n) is 15.0. The molecule has 0 radical (unpaired) electrons. The van der Waals surface area contributed by atoms with Crippen LogP contribution in [-0.4, -0.2) is 29.2 Å². The van der Waals surface area contributed by atoms with Crippen LogP contribution in [0.15, 0.2) is 29.4 Å². The van der Waals surface area contributed by atoms with E-state index in [2.05, 4.69) is 5.16 Å². The van der Waals surface area contributed by atoms with E-state index in [1.165, 1.54) is 0 Å². The van der Waals surface area contributed by atoms with E-state index in [1.807, 2.05) is 45.0 Å². The minimum atomic E-state index is -1.13. The van der Waals surface area contributed by atoms with Gasteiger partial charge in [-0.2, -0.15) is 0 Å². The van der Waals surface area contributed by atoms with Crippen molar-refractivity contribution >= 4 is 23.1 Å². The van der Waals surface area contributed by atoms with Gasteiger partial charge < -0.3 is 10.1 Å². The molecule has 1 amide bonds. The normalized spacial score (nSPS) is 34.4. The smallest absolute Gasteiger partial charge is 0.241 e. The quantitative estimate of drug-likeness (QED) is 0.485. The van der Waals surface area contributed by atoms with Crippen LogP contribution >= 0.6 is 0 Å². The van der Waals surface area contributed by atoms with E-state index < -0.39 is 16.2 Å². The van der Waals surface area contributed by atoms with Crippen LogP contribution in [-0.2, 0) is 16.0 Å². The lowest BCUT2D eigenvalue weighted by Gasteiger charge is -2.41. The van der Waals surface area contributed by atoms with Crippen LogP contribution in [0, 0.1) is 16.2 Å². The van der Waals surface area contributed by atoms with Crippen molar-refractivity contribution in [3.05, 3.63) is 29.8 Å². The molecule has 2 aliphatic carbocycles. The molecule has 5 nitrogen and oxygen atoms in total. The topological polar surface area (TPSA) is 70.0 Å². The molecule has 2 bridgehead atoms. The Balaban J connectivity index is 1.85. The highest BCUT2D eigenvalue weighted by Crippen LogP contribution is 2.69. The van der Waals surface area contributed by atoms with Crippen molar-refractivity contribution in [1.82, 2.24) is 0 Å².